The van der Waals surface area contributed by atoms with Crippen molar-refractivity contribution in [3.05, 3.63) is 35.5 Å². The van der Waals surface area contributed by atoms with Gasteiger partial charge in [-0.15, -0.1) is 0 Å². The zero-order chi connectivity index (χ0) is 37.6. The molecule has 2 unspecified atom stereocenters. The average Bonchev–Trinajstić information content (AvgIpc) is 3.29. The van der Waals surface area contributed by atoms with Crippen LogP contribution in [0, 0.1) is 34.5 Å². The van der Waals surface area contributed by atoms with Gasteiger partial charge in [0.25, 0.3) is 0 Å². The molecule has 3 saturated carbocycles. The van der Waals surface area contributed by atoms with Crippen LogP contribution in [0.15, 0.2) is 35.5 Å². The molecule has 3 aliphatic rings. The van der Waals surface area contributed by atoms with Gasteiger partial charge in [-0.1, -0.05) is 50.5 Å². The zero-order valence-electron chi connectivity index (χ0n) is 30.5. The topological polar surface area (TPSA) is 80.9 Å². The van der Waals surface area contributed by atoms with E-state index in [4.69, 9.17) is 8.22 Å². The van der Waals surface area contributed by atoms with Crippen molar-refractivity contribution >= 4 is 0 Å². The number of hydrogen-bond donors (Lipinski definition) is 4. The van der Waals surface area contributed by atoms with E-state index in [2.05, 4.69) is 6.58 Å². The zero-order valence-corrected chi connectivity index (χ0v) is 24.5. The smallest absolute Gasteiger partial charge is 0.393 e. The van der Waals surface area contributed by atoms with Crippen LogP contribution in [-0.2, 0) is 0 Å². The number of halogens is 6. The predicted octanol–water partition coefficient (Wildman–Crippen LogP) is 7.32. The van der Waals surface area contributed by atoms with Crippen molar-refractivity contribution in [2.24, 2.45) is 22.7 Å². The van der Waals surface area contributed by atoms with E-state index in [9.17, 15) is 46.8 Å². The van der Waals surface area contributed by atoms with Crippen LogP contribution in [0.5, 0.6) is 0 Å². The second-order valence-corrected chi connectivity index (χ2v) is 13.2. The lowest BCUT2D eigenvalue weighted by Gasteiger charge is -2.49. The quantitative estimate of drug-likeness (QED) is 0.176. The van der Waals surface area contributed by atoms with Crippen molar-refractivity contribution in [3.63, 3.8) is 0 Å². The molecule has 3 fully saturated rings. The highest BCUT2D eigenvalue weighted by Gasteiger charge is 2.70. The molecule has 6 atom stereocenters. The van der Waals surface area contributed by atoms with Gasteiger partial charge in [-0.25, -0.2) is 0 Å². The van der Waals surface area contributed by atoms with Gasteiger partial charge in [0.05, 0.1) is 17.8 Å². The Morgan fingerprint density at radius 1 is 1.05 bits per heavy atom. The maximum atomic E-state index is 13.4. The van der Waals surface area contributed by atoms with Gasteiger partial charge < -0.3 is 20.4 Å². The molecule has 0 aromatic carbocycles. The average molecular weight is 627 g/mol. The maximum Gasteiger partial charge on any atom is 0.438 e. The molecule has 0 spiro atoms. The van der Waals surface area contributed by atoms with Crippen LogP contribution in [0.4, 0.5) is 26.3 Å². The third-order valence-corrected chi connectivity index (χ3v) is 9.94. The van der Waals surface area contributed by atoms with E-state index in [-0.39, 0.29) is 31.1 Å². The normalized spacial score (nSPS) is 35.0. The summed E-state index contributed by atoms with van der Waals surface area (Å²) in [5.74, 6) is 2.54. The van der Waals surface area contributed by atoms with Gasteiger partial charge in [0.2, 0.25) is 0 Å². The van der Waals surface area contributed by atoms with Crippen LogP contribution in [0.25, 0.3) is 0 Å². The molecular weight excluding hydrogens is 574 g/mol. The first-order valence-corrected chi connectivity index (χ1v) is 14.6. The second-order valence-electron chi connectivity index (χ2n) is 13.2. The Kier molecular flexibility index (Phi) is 8.02. The third kappa shape index (κ3) is 7.71. The summed E-state index contributed by atoms with van der Waals surface area (Å²) < 4.78 is 127. The van der Waals surface area contributed by atoms with E-state index in [1.54, 1.807) is 6.92 Å². The van der Waals surface area contributed by atoms with Crippen LogP contribution >= 0.6 is 0 Å². The van der Waals surface area contributed by atoms with E-state index in [1.165, 1.54) is 0 Å². The Labute approximate surface area is 259 Å². The highest BCUT2D eigenvalue weighted by Crippen LogP contribution is 2.63. The molecule has 244 valence electrons. The summed E-state index contributed by atoms with van der Waals surface area (Å²) in [5, 5.41) is 40.9. The van der Waals surface area contributed by atoms with Crippen molar-refractivity contribution in [3.8, 4) is 11.8 Å². The third-order valence-electron chi connectivity index (χ3n) is 9.94. The Morgan fingerprint density at radius 2 is 1.70 bits per heavy atom. The largest absolute Gasteiger partial charge is 0.438 e. The number of hydrogen-bond acceptors (Lipinski definition) is 4. The number of allylic oxidation sites excluding steroid dienone is 3. The fraction of sp³-hybridized carbons (Fsp3) is 0.758. The molecular formula is C33H46F6O4. The Bertz CT molecular complexity index is 1330. The number of fused-ring (bicyclic) bond motifs is 1. The van der Waals surface area contributed by atoms with Crippen LogP contribution in [0.2, 0.25) is 0 Å². The molecule has 0 bridgehead atoms. The summed E-state index contributed by atoms with van der Waals surface area (Å²) in [6.45, 7) is 0.891. The highest BCUT2D eigenvalue weighted by atomic mass is 19.4. The number of aliphatic hydroxyl groups is 4. The van der Waals surface area contributed by atoms with Crippen molar-refractivity contribution in [1.29, 1.82) is 0 Å². The van der Waals surface area contributed by atoms with Gasteiger partial charge in [-0.2, -0.15) is 26.3 Å². The first kappa shape index (κ1) is 27.5. The molecule has 4 N–H and O–H groups in total. The standard InChI is InChI=1S/C33H46F6O4/c1-21-23(19-24(40)20-26(21)41)11-10-22-9-6-17-30(5)25(22)12-13-27(30)29(4,15-7-14-28(2,3)42)16-8-18-31(43,32(34,35)36)33(37,38)39/h10-11,24-27,40-43H,1,6-7,9,12-17,19-20H2,2-5H3/b22-10+,23-11-/t24-,25?,26+,27-,29?,30+/m1/s1/i2D3,3D3. The summed E-state index contributed by atoms with van der Waals surface area (Å²) in [7, 11) is 0. The minimum Gasteiger partial charge on any atom is -0.393 e. The van der Waals surface area contributed by atoms with Crippen LogP contribution in [0.1, 0.15) is 106 Å². The monoisotopic (exact) mass is 626 g/mol. The van der Waals surface area contributed by atoms with Gasteiger partial charge in [0.15, 0.2) is 0 Å². The lowest BCUT2D eigenvalue weighted by molar-refractivity contribution is -0.343. The summed E-state index contributed by atoms with van der Waals surface area (Å²) in [6, 6.07) is 0. The molecule has 0 aromatic heterocycles. The van der Waals surface area contributed by atoms with E-state index in [0.717, 1.165) is 11.5 Å². The fourth-order valence-electron chi connectivity index (χ4n) is 7.66. The maximum absolute atomic E-state index is 13.4. The van der Waals surface area contributed by atoms with Crippen molar-refractivity contribution < 1.29 is 55.0 Å². The fourth-order valence-corrected chi connectivity index (χ4v) is 7.66. The minimum atomic E-state index is -6.15. The molecule has 0 saturated heterocycles. The lowest BCUT2D eigenvalue weighted by atomic mass is 9.55. The van der Waals surface area contributed by atoms with Gasteiger partial charge in [0.1, 0.15) is 0 Å². The molecule has 0 aromatic rings. The number of alkyl halides is 6. The molecule has 3 rings (SSSR count). The second kappa shape index (κ2) is 12.5. The predicted molar refractivity (Wildman–Crippen MR) is 152 cm³/mol. The summed E-state index contributed by atoms with van der Waals surface area (Å²) in [5.41, 5.74) is -7.89. The molecule has 10 heteroatoms. The first-order valence-electron chi connectivity index (χ1n) is 17.6. The van der Waals surface area contributed by atoms with E-state index in [1.807, 2.05) is 25.0 Å². The van der Waals surface area contributed by atoms with E-state index >= 15 is 0 Å². The Hall–Kier alpha value is -1.80. The summed E-state index contributed by atoms with van der Waals surface area (Å²) in [4.78, 5) is 0. The molecule has 4 nitrogen and oxygen atoms in total. The van der Waals surface area contributed by atoms with Gasteiger partial charge in [0, 0.05) is 21.1 Å². The molecule has 43 heavy (non-hydrogen) atoms. The number of rotatable bonds is 7. The van der Waals surface area contributed by atoms with Crippen molar-refractivity contribution in [1.82, 2.24) is 0 Å². The number of aliphatic hydroxyl groups excluding tert-OH is 2. The van der Waals surface area contributed by atoms with Crippen molar-refractivity contribution in [2.45, 2.75) is 134 Å². The molecule has 0 amide bonds. The minimum absolute atomic E-state index is 0.0638. The Morgan fingerprint density at radius 3 is 2.30 bits per heavy atom. The highest BCUT2D eigenvalue weighted by molar-refractivity contribution is 5.39. The van der Waals surface area contributed by atoms with Crippen LogP contribution in [0.3, 0.4) is 0 Å². The molecule has 0 heterocycles. The molecule has 0 radical (unpaired) electrons. The van der Waals surface area contributed by atoms with Gasteiger partial charge in [-0.05, 0) is 105 Å². The lowest BCUT2D eigenvalue weighted by Crippen LogP contribution is -2.55. The van der Waals surface area contributed by atoms with Crippen LogP contribution < -0.4 is 0 Å². The van der Waals surface area contributed by atoms with Gasteiger partial charge >= 0.3 is 18.0 Å². The van der Waals surface area contributed by atoms with Gasteiger partial charge in [-0.3, -0.25) is 0 Å². The first-order chi connectivity index (χ1) is 22.0. The van der Waals surface area contributed by atoms with Crippen molar-refractivity contribution in [2.75, 3.05) is 0 Å². The SMILES string of the molecule is [2H]C([2H])([2H])C(O)(CCCC(C)(CC#CC(O)(C(F)(F)F)C(F)(F)F)[C@H]1CCC2/C(=C/C=C3/C[C@@H](O)C[C@H](O)C3=C)CCC[C@@]21C)C([2H])([2H])[2H]. The summed E-state index contributed by atoms with van der Waals surface area (Å²) >= 11 is 0. The Balaban J connectivity index is 2.03. The molecule has 3 aliphatic carbocycles. The van der Waals surface area contributed by atoms with E-state index in [0.29, 0.717) is 49.7 Å². The van der Waals surface area contributed by atoms with Crippen LogP contribution in [-0.4, -0.2) is 56.2 Å². The molecule has 0 aliphatic heterocycles. The van der Waals surface area contributed by atoms with E-state index < -0.39 is 73.1 Å². The summed E-state index contributed by atoms with van der Waals surface area (Å²) in [6.07, 6.45) is -8.20.